The lowest BCUT2D eigenvalue weighted by atomic mass is 9.95. The molecule has 1 aromatic carbocycles. The fraction of sp³-hybridized carbons (Fsp3) is 0.389. The number of carbonyl (C=O) groups is 1. The minimum absolute atomic E-state index is 0.00950. The van der Waals surface area contributed by atoms with Gasteiger partial charge in [-0.2, -0.15) is 0 Å². The van der Waals surface area contributed by atoms with Gasteiger partial charge in [-0.05, 0) is 37.1 Å². The Labute approximate surface area is 175 Å². The number of thioether (sulfide) groups is 1. The minimum atomic E-state index is -3.97. The van der Waals surface area contributed by atoms with Crippen LogP contribution in [0.2, 0.25) is 0 Å². The van der Waals surface area contributed by atoms with Crippen molar-refractivity contribution < 1.29 is 13.2 Å². The van der Waals surface area contributed by atoms with Gasteiger partial charge in [0.2, 0.25) is 15.7 Å². The van der Waals surface area contributed by atoms with E-state index in [0.717, 1.165) is 48.1 Å². The van der Waals surface area contributed by atoms with Gasteiger partial charge in [-0.1, -0.05) is 47.0 Å². The number of sulfone groups is 1. The molecule has 1 amide bonds. The number of aromatic nitrogens is 2. The second kappa shape index (κ2) is 9.23. The molecule has 10 heteroatoms. The number of amides is 1. The van der Waals surface area contributed by atoms with E-state index in [2.05, 4.69) is 31.2 Å². The van der Waals surface area contributed by atoms with Crippen LogP contribution in [0.15, 0.2) is 54.7 Å². The van der Waals surface area contributed by atoms with Crippen LogP contribution in [0.1, 0.15) is 32.1 Å². The number of nitrogens with one attached hydrogen (secondary N) is 2. The van der Waals surface area contributed by atoms with Gasteiger partial charge < -0.3 is 10.3 Å². The SMILES string of the molecule is O=C(CSc1ncc(S(=O)(=O)c2ccc(Br)cc2)c(=O)[nH]1)NC1CCCCC1. The third kappa shape index (κ3) is 5.24. The monoisotopic (exact) mass is 485 g/mol. The highest BCUT2D eigenvalue weighted by molar-refractivity contribution is 9.10. The molecule has 7 nitrogen and oxygen atoms in total. The number of carbonyl (C=O) groups excluding carboxylic acids is 1. The Balaban J connectivity index is 1.66. The molecule has 28 heavy (non-hydrogen) atoms. The first-order valence-electron chi connectivity index (χ1n) is 8.88. The molecular formula is C18H20BrN3O4S2. The molecule has 0 unspecified atom stereocenters. The van der Waals surface area contributed by atoms with E-state index >= 15 is 0 Å². The van der Waals surface area contributed by atoms with Crippen LogP contribution in [-0.4, -0.2) is 36.1 Å². The molecule has 2 N–H and O–H groups in total. The molecule has 0 atom stereocenters. The van der Waals surface area contributed by atoms with Crippen molar-refractivity contribution >= 4 is 43.4 Å². The average molecular weight is 486 g/mol. The Morgan fingerprint density at radius 1 is 1.21 bits per heavy atom. The van der Waals surface area contributed by atoms with Crippen molar-refractivity contribution in [2.24, 2.45) is 0 Å². The predicted octanol–water partition coefficient (Wildman–Crippen LogP) is 2.91. The van der Waals surface area contributed by atoms with E-state index in [4.69, 9.17) is 0 Å². The normalized spacial score (nSPS) is 15.3. The highest BCUT2D eigenvalue weighted by Crippen LogP contribution is 2.21. The molecule has 150 valence electrons. The molecule has 0 spiro atoms. The molecule has 1 aliphatic carbocycles. The highest BCUT2D eigenvalue weighted by Gasteiger charge is 2.22. The van der Waals surface area contributed by atoms with Gasteiger partial charge in [-0.25, -0.2) is 13.4 Å². The Morgan fingerprint density at radius 2 is 1.89 bits per heavy atom. The van der Waals surface area contributed by atoms with Crippen LogP contribution in [0.3, 0.4) is 0 Å². The predicted molar refractivity (Wildman–Crippen MR) is 110 cm³/mol. The quantitative estimate of drug-likeness (QED) is 0.480. The van der Waals surface area contributed by atoms with Crippen LogP contribution in [0.4, 0.5) is 0 Å². The first-order chi connectivity index (χ1) is 13.4. The van der Waals surface area contributed by atoms with Gasteiger partial charge in [0.1, 0.15) is 0 Å². The largest absolute Gasteiger partial charge is 0.353 e. The number of hydrogen-bond acceptors (Lipinski definition) is 6. The number of H-pyrrole nitrogens is 1. The second-order valence-electron chi connectivity index (χ2n) is 6.53. The molecule has 1 aromatic heterocycles. The summed E-state index contributed by atoms with van der Waals surface area (Å²) >= 11 is 4.31. The van der Waals surface area contributed by atoms with E-state index < -0.39 is 20.3 Å². The summed E-state index contributed by atoms with van der Waals surface area (Å²) in [4.78, 5) is 30.4. The summed E-state index contributed by atoms with van der Waals surface area (Å²) in [5, 5.41) is 3.19. The van der Waals surface area contributed by atoms with Crippen molar-refractivity contribution in [1.82, 2.24) is 15.3 Å². The van der Waals surface area contributed by atoms with E-state index in [9.17, 15) is 18.0 Å². The lowest BCUT2D eigenvalue weighted by Crippen LogP contribution is -2.37. The third-order valence-electron chi connectivity index (χ3n) is 4.47. The fourth-order valence-electron chi connectivity index (χ4n) is 3.02. The van der Waals surface area contributed by atoms with Crippen molar-refractivity contribution in [2.75, 3.05) is 5.75 Å². The van der Waals surface area contributed by atoms with Crippen molar-refractivity contribution in [3.8, 4) is 0 Å². The van der Waals surface area contributed by atoms with Crippen molar-refractivity contribution in [2.45, 2.75) is 53.1 Å². The molecule has 1 fully saturated rings. The lowest BCUT2D eigenvalue weighted by Gasteiger charge is -2.22. The fourth-order valence-corrected chi connectivity index (χ4v) is 5.17. The molecule has 3 rings (SSSR count). The highest BCUT2D eigenvalue weighted by atomic mass is 79.9. The number of hydrogen-bond donors (Lipinski definition) is 2. The van der Waals surface area contributed by atoms with Crippen molar-refractivity contribution in [3.05, 3.63) is 45.3 Å². The van der Waals surface area contributed by atoms with E-state index in [-0.39, 0.29) is 27.8 Å². The topological polar surface area (TPSA) is 109 Å². The summed E-state index contributed by atoms with van der Waals surface area (Å²) in [5.41, 5.74) is -0.756. The standard InChI is InChI=1S/C18H20BrN3O4S2/c19-12-6-8-14(9-7-12)28(25,26)15-10-20-18(22-17(15)24)27-11-16(23)21-13-4-2-1-3-5-13/h6-10,13H,1-5,11H2,(H,21,23)(H,20,22,24). The molecule has 1 saturated carbocycles. The first kappa shape index (κ1) is 21.1. The van der Waals surface area contributed by atoms with Crippen LogP contribution in [-0.2, 0) is 14.6 Å². The molecule has 0 saturated heterocycles. The maximum absolute atomic E-state index is 12.6. The van der Waals surface area contributed by atoms with Crippen LogP contribution in [0.25, 0.3) is 0 Å². The molecule has 0 bridgehead atoms. The van der Waals surface area contributed by atoms with Gasteiger partial charge in [-0.15, -0.1) is 0 Å². The number of rotatable bonds is 6. The Kier molecular flexibility index (Phi) is 6.95. The smallest absolute Gasteiger partial charge is 0.270 e. The summed E-state index contributed by atoms with van der Waals surface area (Å²) in [6, 6.07) is 6.22. The van der Waals surface area contributed by atoms with E-state index in [1.54, 1.807) is 12.1 Å². The molecule has 0 aliphatic heterocycles. The second-order valence-corrected chi connectivity index (χ2v) is 10.3. The average Bonchev–Trinajstić information content (AvgIpc) is 2.67. The maximum Gasteiger partial charge on any atom is 0.270 e. The van der Waals surface area contributed by atoms with Gasteiger partial charge >= 0.3 is 0 Å². The van der Waals surface area contributed by atoms with E-state index in [1.165, 1.54) is 18.6 Å². The van der Waals surface area contributed by atoms with Gasteiger partial charge in [0.15, 0.2) is 10.1 Å². The van der Waals surface area contributed by atoms with Gasteiger partial charge in [0.05, 0.1) is 16.8 Å². The summed E-state index contributed by atoms with van der Waals surface area (Å²) in [6.07, 6.45) is 6.49. The Hall–Kier alpha value is -1.65. The number of aromatic amines is 1. The molecule has 1 aliphatic rings. The molecule has 0 radical (unpaired) electrons. The summed E-state index contributed by atoms with van der Waals surface area (Å²) in [6.45, 7) is 0. The maximum atomic E-state index is 12.6. The Morgan fingerprint density at radius 3 is 2.54 bits per heavy atom. The third-order valence-corrected chi connectivity index (χ3v) is 7.65. The summed E-state index contributed by atoms with van der Waals surface area (Å²) in [5.74, 6) is -0.00997. The molecular weight excluding hydrogens is 466 g/mol. The van der Waals surface area contributed by atoms with E-state index in [1.807, 2.05) is 0 Å². The van der Waals surface area contributed by atoms with Crippen molar-refractivity contribution in [3.63, 3.8) is 0 Å². The van der Waals surface area contributed by atoms with E-state index in [0.29, 0.717) is 0 Å². The number of nitrogens with zero attached hydrogens (tertiary/aromatic N) is 1. The van der Waals surface area contributed by atoms with Gasteiger partial charge in [0, 0.05) is 10.5 Å². The van der Waals surface area contributed by atoms with Crippen LogP contribution in [0, 0.1) is 0 Å². The number of halogens is 1. The van der Waals surface area contributed by atoms with Gasteiger partial charge in [0.25, 0.3) is 5.56 Å². The van der Waals surface area contributed by atoms with Crippen LogP contribution in [0.5, 0.6) is 0 Å². The molecule has 2 aromatic rings. The first-order valence-corrected chi connectivity index (χ1v) is 12.1. The zero-order chi connectivity index (χ0) is 20.1. The van der Waals surface area contributed by atoms with Crippen molar-refractivity contribution in [1.29, 1.82) is 0 Å². The van der Waals surface area contributed by atoms with Crippen LogP contribution >= 0.6 is 27.7 Å². The zero-order valence-electron chi connectivity index (χ0n) is 15.0. The minimum Gasteiger partial charge on any atom is -0.353 e. The summed E-state index contributed by atoms with van der Waals surface area (Å²) in [7, 11) is -3.97. The van der Waals surface area contributed by atoms with Crippen LogP contribution < -0.4 is 10.9 Å². The molecule has 1 heterocycles. The lowest BCUT2D eigenvalue weighted by molar-refractivity contribution is -0.119. The summed E-state index contributed by atoms with van der Waals surface area (Å²) < 4.78 is 26.0. The number of benzene rings is 1. The Bertz CT molecular complexity index is 1000. The van der Waals surface area contributed by atoms with Gasteiger partial charge in [-0.3, -0.25) is 9.59 Å². The zero-order valence-corrected chi connectivity index (χ0v) is 18.2.